The summed E-state index contributed by atoms with van der Waals surface area (Å²) in [5, 5.41) is 12.5. The van der Waals surface area contributed by atoms with Crippen molar-refractivity contribution in [3.63, 3.8) is 0 Å². The highest BCUT2D eigenvalue weighted by atomic mass is 127. The molecule has 0 bridgehead atoms. The van der Waals surface area contributed by atoms with Crippen molar-refractivity contribution in [3.8, 4) is 17.2 Å². The molecule has 11 heteroatoms. The lowest BCUT2D eigenvalue weighted by Gasteiger charge is -2.16. The summed E-state index contributed by atoms with van der Waals surface area (Å²) < 4.78 is 14.3. The molecule has 1 aliphatic heterocycles. The molecule has 0 atom stereocenters. The van der Waals surface area contributed by atoms with Crippen molar-refractivity contribution in [1.29, 1.82) is 0 Å². The first-order chi connectivity index (χ1) is 23.6. The van der Waals surface area contributed by atoms with E-state index in [9.17, 15) is 9.59 Å². The van der Waals surface area contributed by atoms with E-state index in [1.807, 2.05) is 107 Å². The standard InChI is InChI=1S/C36H38N6O3S.CH3I/c1-36(2,3)32-23-33(42(40-32)25-11-13-27(46-4)14-12-25)39-35(44)38-30-15-16-31(29-10-6-5-9-28(29)30)45-26-17-18-37-24(21-26)22-34(43)41-19-7-8-20-41;1-2/h5-6,9-18,21,23H,7-8,19-20,22H2,1-4H3,(H2,38,39,44);1H3/i;1D. The fourth-order valence-electron chi connectivity index (χ4n) is 5.47. The summed E-state index contributed by atoms with van der Waals surface area (Å²) in [6, 6.07) is 24.6. The minimum Gasteiger partial charge on any atom is -0.457 e. The van der Waals surface area contributed by atoms with Gasteiger partial charge in [0.1, 0.15) is 17.3 Å². The first-order valence-electron chi connectivity index (χ1n) is 16.4. The molecular weight excluding hydrogens is 735 g/mol. The lowest BCUT2D eigenvalue weighted by molar-refractivity contribution is -0.129. The minimum atomic E-state index is -0.386. The number of thioether (sulfide) groups is 1. The van der Waals surface area contributed by atoms with E-state index in [-0.39, 0.29) is 23.8 Å². The zero-order valence-electron chi connectivity index (χ0n) is 28.6. The maximum Gasteiger partial charge on any atom is 0.324 e. The van der Waals surface area contributed by atoms with Crippen LogP contribution in [0.2, 0.25) is 0 Å². The van der Waals surface area contributed by atoms with Crippen LogP contribution in [0.1, 0.15) is 46.4 Å². The van der Waals surface area contributed by atoms with Gasteiger partial charge in [0.25, 0.3) is 0 Å². The smallest absolute Gasteiger partial charge is 0.324 e. The van der Waals surface area contributed by atoms with Crippen molar-refractivity contribution in [2.24, 2.45) is 0 Å². The number of rotatable bonds is 8. The van der Waals surface area contributed by atoms with Crippen LogP contribution in [0.4, 0.5) is 16.3 Å². The molecule has 1 aliphatic rings. The molecule has 1 fully saturated rings. The van der Waals surface area contributed by atoms with Crippen molar-refractivity contribution in [2.45, 2.75) is 50.3 Å². The Morgan fingerprint density at radius 2 is 1.69 bits per heavy atom. The van der Waals surface area contributed by atoms with Gasteiger partial charge in [0.2, 0.25) is 5.91 Å². The number of benzene rings is 3. The number of urea groups is 1. The van der Waals surface area contributed by atoms with Crippen LogP contribution in [-0.2, 0) is 16.6 Å². The lowest BCUT2D eigenvalue weighted by atomic mass is 9.92. The summed E-state index contributed by atoms with van der Waals surface area (Å²) in [6.45, 7) is 7.91. The average molecular weight is 778 g/mol. The molecule has 0 spiro atoms. The summed E-state index contributed by atoms with van der Waals surface area (Å²) in [6.07, 6.45) is 6.05. The number of alkyl halides is 1. The van der Waals surface area contributed by atoms with Crippen LogP contribution in [0.3, 0.4) is 0 Å². The first-order valence-corrected chi connectivity index (χ1v) is 18.4. The van der Waals surface area contributed by atoms with Gasteiger partial charge in [0.15, 0.2) is 0 Å². The molecule has 9 nitrogen and oxygen atoms in total. The molecule has 2 N–H and O–H groups in total. The maximum atomic E-state index is 13.4. The predicted molar refractivity (Wildman–Crippen MR) is 204 cm³/mol. The zero-order chi connectivity index (χ0) is 35.0. The number of hydrogen-bond acceptors (Lipinski definition) is 6. The second-order valence-corrected chi connectivity index (χ2v) is 13.2. The summed E-state index contributed by atoms with van der Waals surface area (Å²) >= 11 is 3.63. The third-order valence-electron chi connectivity index (χ3n) is 7.98. The predicted octanol–water partition coefficient (Wildman–Crippen LogP) is 9.09. The molecule has 0 unspecified atom stereocenters. The number of pyridine rings is 1. The van der Waals surface area contributed by atoms with Crippen LogP contribution in [0, 0.1) is 0 Å². The van der Waals surface area contributed by atoms with Gasteiger partial charge in [-0.25, -0.2) is 9.48 Å². The van der Waals surface area contributed by atoms with Crippen molar-refractivity contribution < 1.29 is 15.7 Å². The number of nitrogens with zero attached hydrogens (tertiary/aromatic N) is 4. The van der Waals surface area contributed by atoms with Gasteiger partial charge >= 0.3 is 6.03 Å². The van der Waals surface area contributed by atoms with Crippen molar-refractivity contribution in [2.75, 3.05) is 34.9 Å². The third-order valence-corrected chi connectivity index (χ3v) is 8.72. The highest BCUT2D eigenvalue weighted by Gasteiger charge is 2.22. The summed E-state index contributed by atoms with van der Waals surface area (Å²) in [5.41, 5.74) is 2.82. The van der Waals surface area contributed by atoms with Gasteiger partial charge in [-0.1, -0.05) is 67.6 Å². The van der Waals surface area contributed by atoms with Gasteiger partial charge in [-0.15, -0.1) is 11.8 Å². The van der Waals surface area contributed by atoms with Gasteiger partial charge in [-0.3, -0.25) is 15.1 Å². The van der Waals surface area contributed by atoms with Crippen LogP contribution in [-0.4, -0.2) is 55.9 Å². The van der Waals surface area contributed by atoms with E-state index < -0.39 is 0 Å². The number of amides is 3. The summed E-state index contributed by atoms with van der Waals surface area (Å²) in [5.74, 6) is 1.88. The van der Waals surface area contributed by atoms with E-state index in [2.05, 4.69) is 36.4 Å². The Morgan fingerprint density at radius 1 is 0.979 bits per heavy atom. The molecule has 3 amide bonds. The molecule has 3 aromatic carbocycles. The number of hydrogen-bond donors (Lipinski definition) is 2. The van der Waals surface area contributed by atoms with Crippen LogP contribution >= 0.6 is 34.4 Å². The number of aromatic nitrogens is 3. The summed E-state index contributed by atoms with van der Waals surface area (Å²) in [4.78, 5) is 34.0. The number of nitrogens with one attached hydrogen (secondary N) is 2. The molecular formula is C37H41IN6O3S. The Kier molecular flexibility index (Phi) is 11.2. The largest absolute Gasteiger partial charge is 0.457 e. The number of halogens is 1. The first kappa shape index (κ1) is 33.8. The normalized spacial score (nSPS) is 13.0. The summed E-state index contributed by atoms with van der Waals surface area (Å²) in [7, 11) is 0. The van der Waals surface area contributed by atoms with Crippen LogP contribution < -0.4 is 15.4 Å². The van der Waals surface area contributed by atoms with Crippen LogP contribution in [0.5, 0.6) is 11.5 Å². The Morgan fingerprint density at radius 3 is 2.38 bits per heavy atom. The number of carbonyl (C=O) groups excluding carboxylic acids is 2. The van der Waals surface area contributed by atoms with Crippen molar-refractivity contribution >= 4 is 68.6 Å². The molecule has 1 saturated heterocycles. The van der Waals surface area contributed by atoms with Crippen LogP contribution in [0.25, 0.3) is 16.5 Å². The van der Waals surface area contributed by atoms with Crippen LogP contribution in [0.15, 0.2) is 90.0 Å². The second kappa shape index (κ2) is 15.9. The van der Waals surface area contributed by atoms with Crippen molar-refractivity contribution in [3.05, 3.63) is 96.4 Å². The Balaban J connectivity index is 0.00000151. The third kappa shape index (κ3) is 8.48. The van der Waals surface area contributed by atoms with E-state index in [1.54, 1.807) is 28.7 Å². The fraction of sp³-hybridized carbons (Fsp3) is 0.297. The van der Waals surface area contributed by atoms with Gasteiger partial charge in [-0.2, -0.15) is 5.10 Å². The van der Waals surface area contributed by atoms with E-state index in [1.165, 1.54) is 0 Å². The maximum absolute atomic E-state index is 13.4. The molecule has 48 heavy (non-hydrogen) atoms. The number of carbonyl (C=O) groups is 2. The number of anilines is 2. The van der Waals surface area contributed by atoms with Gasteiger partial charge in [-0.05, 0) is 66.5 Å². The average Bonchev–Trinajstić information content (AvgIpc) is 3.78. The second-order valence-electron chi connectivity index (χ2n) is 12.4. The molecule has 5 aromatic rings. The Bertz CT molecular complexity index is 1910. The van der Waals surface area contributed by atoms with Gasteiger partial charge < -0.3 is 15.0 Å². The van der Waals surface area contributed by atoms with Gasteiger partial charge in [0.05, 0.1) is 29.2 Å². The molecule has 0 radical (unpaired) electrons. The van der Waals surface area contributed by atoms with E-state index in [0.29, 0.717) is 33.6 Å². The Labute approximate surface area is 301 Å². The molecule has 6 rings (SSSR count). The highest BCUT2D eigenvalue weighted by molar-refractivity contribution is 14.1. The SMILES string of the molecule is CSc1ccc(-n2nc(C(C)(C)C)cc2NC(=O)Nc2ccc(Oc3ccnc(CC(=O)N4CCCC4)c3)c3ccccc23)cc1.[2H]CI. The van der Waals surface area contributed by atoms with Crippen molar-refractivity contribution in [1.82, 2.24) is 19.7 Å². The molecule has 3 heterocycles. The minimum absolute atomic E-state index is 0.0903. The molecule has 0 saturated carbocycles. The van der Waals surface area contributed by atoms with E-state index >= 15 is 0 Å². The highest BCUT2D eigenvalue weighted by Crippen LogP contribution is 2.35. The number of fused-ring (bicyclic) bond motifs is 1. The molecule has 250 valence electrons. The number of ether oxygens (including phenoxy) is 1. The van der Waals surface area contributed by atoms with Gasteiger partial charge in [0, 0.05) is 53.9 Å². The topological polar surface area (TPSA) is 101 Å². The van der Waals surface area contributed by atoms with E-state index in [0.717, 1.165) is 53.0 Å². The quantitative estimate of drug-likeness (QED) is 0.0927. The Hall–Kier alpha value is -4.10. The monoisotopic (exact) mass is 777 g/mol. The zero-order valence-corrected chi connectivity index (χ0v) is 30.6. The molecule has 0 aliphatic carbocycles. The fourth-order valence-corrected chi connectivity index (χ4v) is 5.88. The number of likely N-dealkylation sites (tertiary alicyclic amines) is 1. The lowest BCUT2D eigenvalue weighted by Crippen LogP contribution is -2.29. The van der Waals surface area contributed by atoms with E-state index in [4.69, 9.17) is 11.2 Å². The molecule has 2 aromatic heterocycles.